The van der Waals surface area contributed by atoms with E-state index in [1.165, 1.54) is 0 Å². The minimum Gasteiger partial charge on any atom is -0.543 e. The highest BCUT2D eigenvalue weighted by Crippen LogP contribution is 1.75. The summed E-state index contributed by atoms with van der Waals surface area (Å²) in [5, 5.41) is 0. The monoisotopic (exact) mass is 84.0 g/mol. The number of rotatable bonds is 1. The van der Waals surface area contributed by atoms with Gasteiger partial charge >= 0.3 is 8.05 Å². The Morgan fingerprint density at radius 3 is 2.50 bits per heavy atom. The summed E-state index contributed by atoms with van der Waals surface area (Å²) in [5.41, 5.74) is 0. The second kappa shape index (κ2) is 2.76. The maximum absolute atomic E-state index is 9.83. The molecule has 0 unspecified atom stereocenters. The van der Waals surface area contributed by atoms with E-state index in [0.29, 0.717) is 6.42 Å². The van der Waals surface area contributed by atoms with Crippen LogP contribution in [0.15, 0.2) is 0 Å². The van der Waals surface area contributed by atoms with Crippen molar-refractivity contribution in [3.05, 3.63) is 0 Å². The second-order valence-corrected chi connectivity index (χ2v) is 0.843. The third-order valence-corrected chi connectivity index (χ3v) is 0.420. The van der Waals surface area contributed by atoms with Gasteiger partial charge in [0.2, 0.25) is 0 Å². The fourth-order valence-electron chi connectivity index (χ4n) is 0.0833. The van der Waals surface area contributed by atoms with Crippen molar-refractivity contribution in [2.75, 3.05) is 0 Å². The molecule has 0 bridgehead atoms. The van der Waals surface area contributed by atoms with Gasteiger partial charge in [-0.25, -0.2) is 0 Å². The highest BCUT2D eigenvalue weighted by atomic mass is 16.5. The van der Waals surface area contributed by atoms with E-state index in [1.807, 2.05) is 0 Å². The largest absolute Gasteiger partial charge is 0.543 e. The molecule has 2 radical (unpaired) electrons. The molecule has 0 saturated heterocycles. The lowest BCUT2D eigenvalue weighted by molar-refractivity contribution is -0.133. The van der Waals surface area contributed by atoms with Crippen molar-refractivity contribution in [1.29, 1.82) is 0 Å². The molecular formula is C3H5BO2. The van der Waals surface area contributed by atoms with Crippen LogP contribution in [0.2, 0.25) is 0 Å². The number of hydrogen-bond acceptors (Lipinski definition) is 2. The van der Waals surface area contributed by atoms with E-state index in [-0.39, 0.29) is 5.97 Å². The molecule has 0 aromatic rings. The van der Waals surface area contributed by atoms with Gasteiger partial charge in [-0.3, -0.25) is 4.79 Å². The summed E-state index contributed by atoms with van der Waals surface area (Å²) in [4.78, 5) is 9.83. The first-order valence-electron chi connectivity index (χ1n) is 1.70. The third kappa shape index (κ3) is 1.82. The first kappa shape index (κ1) is 5.53. The maximum Gasteiger partial charge on any atom is 0.378 e. The van der Waals surface area contributed by atoms with Gasteiger partial charge < -0.3 is 4.65 Å². The zero-order valence-electron chi connectivity index (χ0n) is 3.60. The van der Waals surface area contributed by atoms with Crippen LogP contribution in [0.1, 0.15) is 13.3 Å². The summed E-state index contributed by atoms with van der Waals surface area (Å²) in [6.45, 7) is 1.68. The van der Waals surface area contributed by atoms with Gasteiger partial charge in [0.05, 0.1) is 0 Å². The Labute approximate surface area is 37.9 Å². The normalized spacial score (nSPS) is 7.50. The van der Waals surface area contributed by atoms with Crippen LogP contribution in [0.3, 0.4) is 0 Å². The summed E-state index contributed by atoms with van der Waals surface area (Å²) < 4.78 is 3.76. The first-order chi connectivity index (χ1) is 2.81. The maximum atomic E-state index is 9.83. The van der Waals surface area contributed by atoms with Gasteiger partial charge in [0.25, 0.3) is 5.97 Å². The lowest BCUT2D eigenvalue weighted by Crippen LogP contribution is -1.96. The topological polar surface area (TPSA) is 26.3 Å². The predicted octanol–water partition coefficient (Wildman–Crippen LogP) is 0.0231. The van der Waals surface area contributed by atoms with E-state index in [2.05, 4.69) is 12.7 Å². The van der Waals surface area contributed by atoms with E-state index in [0.717, 1.165) is 0 Å². The van der Waals surface area contributed by atoms with E-state index in [9.17, 15) is 4.79 Å². The summed E-state index contributed by atoms with van der Waals surface area (Å²) >= 11 is 0. The van der Waals surface area contributed by atoms with Crippen LogP contribution in [0, 0.1) is 0 Å². The van der Waals surface area contributed by atoms with Gasteiger partial charge in [-0.2, -0.15) is 0 Å². The smallest absolute Gasteiger partial charge is 0.378 e. The Bertz CT molecular complexity index is 46.8. The van der Waals surface area contributed by atoms with Crippen molar-refractivity contribution in [2.24, 2.45) is 0 Å². The zero-order chi connectivity index (χ0) is 4.99. The molecule has 0 aliphatic carbocycles. The summed E-state index contributed by atoms with van der Waals surface area (Å²) in [5.74, 6) is -0.380. The number of hydrogen-bond donors (Lipinski definition) is 0. The lowest BCUT2D eigenvalue weighted by Gasteiger charge is -1.88. The van der Waals surface area contributed by atoms with Crippen LogP contribution in [0.5, 0.6) is 0 Å². The zero-order valence-corrected chi connectivity index (χ0v) is 3.60. The van der Waals surface area contributed by atoms with Crippen molar-refractivity contribution in [3.8, 4) is 0 Å². The molecule has 32 valence electrons. The average Bonchev–Trinajstić information content (AvgIpc) is 1.65. The van der Waals surface area contributed by atoms with E-state index < -0.39 is 0 Å². The van der Waals surface area contributed by atoms with E-state index in [1.54, 1.807) is 6.92 Å². The first-order valence-corrected chi connectivity index (χ1v) is 1.70. The minimum absolute atomic E-state index is 0.344. The SMILES string of the molecule is [B]OC(=O)CC. The molecule has 0 rings (SSSR count). The molecule has 3 heteroatoms. The molecule has 0 aliphatic heterocycles. The molecule has 0 aromatic heterocycles. The number of carbonyl (C=O) groups is 1. The fourth-order valence-corrected chi connectivity index (χ4v) is 0.0833. The molecule has 0 fully saturated rings. The molecule has 0 saturated carbocycles. The van der Waals surface area contributed by atoms with Crippen LogP contribution in [0.4, 0.5) is 0 Å². The van der Waals surface area contributed by atoms with Crippen molar-refractivity contribution < 1.29 is 9.45 Å². The Morgan fingerprint density at radius 2 is 2.50 bits per heavy atom. The van der Waals surface area contributed by atoms with E-state index >= 15 is 0 Å². The molecule has 2 nitrogen and oxygen atoms in total. The Kier molecular flexibility index (Phi) is 2.54. The standard InChI is InChI=1S/C3H5BO2/c1-2-3(5)6-4/h2H2,1H3. The second-order valence-electron chi connectivity index (χ2n) is 0.843. The predicted molar refractivity (Wildman–Crippen MR) is 22.1 cm³/mol. The van der Waals surface area contributed by atoms with Gasteiger partial charge in [-0.05, 0) is 0 Å². The van der Waals surface area contributed by atoms with Crippen LogP contribution in [0.25, 0.3) is 0 Å². The third-order valence-electron chi connectivity index (χ3n) is 0.420. The molecular weight excluding hydrogens is 78.8 g/mol. The Hall–Kier alpha value is -0.465. The molecule has 0 amide bonds. The van der Waals surface area contributed by atoms with E-state index in [4.69, 9.17) is 0 Å². The molecule has 0 atom stereocenters. The Morgan fingerprint density at radius 1 is 2.00 bits per heavy atom. The Balaban J connectivity index is 2.99. The fraction of sp³-hybridized carbons (Fsp3) is 0.667. The van der Waals surface area contributed by atoms with Gasteiger partial charge in [0, 0.05) is 6.42 Å². The van der Waals surface area contributed by atoms with Crippen LogP contribution < -0.4 is 0 Å². The van der Waals surface area contributed by atoms with Gasteiger partial charge in [0.1, 0.15) is 0 Å². The molecule has 6 heavy (non-hydrogen) atoms. The summed E-state index contributed by atoms with van der Waals surface area (Å²) in [6, 6.07) is 0. The van der Waals surface area contributed by atoms with Gasteiger partial charge in [-0.15, -0.1) is 0 Å². The van der Waals surface area contributed by atoms with Crippen LogP contribution in [-0.4, -0.2) is 14.0 Å². The van der Waals surface area contributed by atoms with Crippen molar-refractivity contribution in [2.45, 2.75) is 13.3 Å². The molecule has 0 aliphatic rings. The molecule has 0 aromatic carbocycles. The van der Waals surface area contributed by atoms with Crippen molar-refractivity contribution >= 4 is 14.0 Å². The quantitative estimate of drug-likeness (QED) is 0.418. The van der Waals surface area contributed by atoms with Gasteiger partial charge in [-0.1, -0.05) is 6.92 Å². The highest BCUT2D eigenvalue weighted by Gasteiger charge is 1.87. The number of carbonyl (C=O) groups excluding carboxylic acids is 1. The molecule has 0 heterocycles. The average molecular weight is 83.9 g/mol. The lowest BCUT2D eigenvalue weighted by atomic mass is 10.5. The van der Waals surface area contributed by atoms with Gasteiger partial charge in [0.15, 0.2) is 0 Å². The van der Waals surface area contributed by atoms with Crippen LogP contribution >= 0.6 is 0 Å². The van der Waals surface area contributed by atoms with Crippen molar-refractivity contribution in [3.63, 3.8) is 0 Å². The summed E-state index contributed by atoms with van der Waals surface area (Å²) in [6.07, 6.45) is 0.344. The van der Waals surface area contributed by atoms with Crippen LogP contribution in [-0.2, 0) is 9.45 Å². The molecule has 0 spiro atoms. The summed E-state index contributed by atoms with van der Waals surface area (Å²) in [7, 11) is 4.43. The highest BCUT2D eigenvalue weighted by molar-refractivity contribution is 6.05. The minimum atomic E-state index is -0.380. The molecule has 0 N–H and O–H groups in total. The van der Waals surface area contributed by atoms with Crippen molar-refractivity contribution in [1.82, 2.24) is 0 Å².